The lowest BCUT2D eigenvalue weighted by Crippen LogP contribution is -2.15. The molecule has 25 heavy (non-hydrogen) atoms. The van der Waals surface area contributed by atoms with E-state index in [0.717, 1.165) is 23.1 Å². The van der Waals surface area contributed by atoms with Crippen molar-refractivity contribution >= 4 is 33.8 Å². The summed E-state index contributed by atoms with van der Waals surface area (Å²) in [4.78, 5) is 22.0. The largest absolute Gasteiger partial charge is 0.343 e. The van der Waals surface area contributed by atoms with Crippen LogP contribution in [0.5, 0.6) is 0 Å². The third-order valence-corrected chi connectivity index (χ3v) is 4.16. The van der Waals surface area contributed by atoms with Gasteiger partial charge < -0.3 is 4.90 Å². The van der Waals surface area contributed by atoms with Crippen LogP contribution >= 0.6 is 11.3 Å². The number of benzene rings is 1. The van der Waals surface area contributed by atoms with E-state index in [1.54, 1.807) is 36.5 Å². The SMILES string of the molecule is CN(c1cccnc1)c1cc(F)cc(C(=O)Nc2nc(C#N)cs2)c1. The van der Waals surface area contributed by atoms with Gasteiger partial charge in [-0.3, -0.25) is 15.1 Å². The van der Waals surface area contributed by atoms with Crippen molar-refractivity contribution < 1.29 is 9.18 Å². The van der Waals surface area contributed by atoms with Gasteiger partial charge in [0.15, 0.2) is 10.8 Å². The molecule has 6 nitrogen and oxygen atoms in total. The lowest BCUT2D eigenvalue weighted by atomic mass is 10.1. The highest BCUT2D eigenvalue weighted by atomic mass is 32.1. The van der Waals surface area contributed by atoms with Crippen molar-refractivity contribution in [2.45, 2.75) is 0 Å². The number of aromatic nitrogens is 2. The number of nitrogens with zero attached hydrogens (tertiary/aromatic N) is 4. The highest BCUT2D eigenvalue weighted by Crippen LogP contribution is 2.25. The van der Waals surface area contributed by atoms with E-state index < -0.39 is 11.7 Å². The number of hydrogen-bond acceptors (Lipinski definition) is 6. The number of thiazole rings is 1. The Morgan fingerprint density at radius 3 is 2.88 bits per heavy atom. The summed E-state index contributed by atoms with van der Waals surface area (Å²) in [6, 6.07) is 9.54. The van der Waals surface area contributed by atoms with E-state index >= 15 is 0 Å². The van der Waals surface area contributed by atoms with Crippen LogP contribution in [0.4, 0.5) is 20.9 Å². The smallest absolute Gasteiger partial charge is 0.257 e. The van der Waals surface area contributed by atoms with Gasteiger partial charge in [0.2, 0.25) is 0 Å². The summed E-state index contributed by atoms with van der Waals surface area (Å²) in [5.41, 5.74) is 1.64. The fourth-order valence-electron chi connectivity index (χ4n) is 2.15. The molecular weight excluding hydrogens is 341 g/mol. The number of pyridine rings is 1. The molecule has 2 aromatic heterocycles. The van der Waals surface area contributed by atoms with Gasteiger partial charge in [0.05, 0.1) is 11.9 Å². The summed E-state index contributed by atoms with van der Waals surface area (Å²) >= 11 is 1.13. The first kappa shape index (κ1) is 16.5. The van der Waals surface area contributed by atoms with Gasteiger partial charge in [0, 0.05) is 29.9 Å². The molecule has 0 aliphatic heterocycles. The molecule has 0 fully saturated rings. The van der Waals surface area contributed by atoms with Crippen LogP contribution in [0.3, 0.4) is 0 Å². The number of nitrogens with one attached hydrogen (secondary N) is 1. The molecule has 0 saturated carbocycles. The number of anilines is 3. The zero-order valence-corrected chi connectivity index (χ0v) is 13.9. The highest BCUT2D eigenvalue weighted by Gasteiger charge is 2.14. The molecule has 0 saturated heterocycles. The van der Waals surface area contributed by atoms with E-state index in [0.29, 0.717) is 5.69 Å². The van der Waals surface area contributed by atoms with Crippen LogP contribution in [-0.2, 0) is 0 Å². The molecule has 0 spiro atoms. The minimum Gasteiger partial charge on any atom is -0.343 e. The molecule has 0 radical (unpaired) electrons. The molecule has 0 aliphatic rings. The molecule has 3 aromatic rings. The second kappa shape index (κ2) is 7.07. The first-order valence-corrected chi connectivity index (χ1v) is 8.06. The number of carbonyl (C=O) groups excluding carboxylic acids is 1. The summed E-state index contributed by atoms with van der Waals surface area (Å²) in [5.74, 6) is -1.03. The maximum atomic E-state index is 14.0. The third-order valence-electron chi connectivity index (χ3n) is 3.40. The minimum absolute atomic E-state index is 0.152. The highest BCUT2D eigenvalue weighted by molar-refractivity contribution is 7.14. The Morgan fingerprint density at radius 2 is 2.20 bits per heavy atom. The van der Waals surface area contributed by atoms with Gasteiger partial charge in [-0.25, -0.2) is 9.37 Å². The van der Waals surface area contributed by atoms with E-state index in [1.165, 1.54) is 11.4 Å². The number of nitriles is 1. The Labute approximate surface area is 147 Å². The van der Waals surface area contributed by atoms with Gasteiger partial charge in [-0.05, 0) is 30.3 Å². The van der Waals surface area contributed by atoms with Gasteiger partial charge in [-0.15, -0.1) is 11.3 Å². The fourth-order valence-corrected chi connectivity index (χ4v) is 2.78. The summed E-state index contributed by atoms with van der Waals surface area (Å²) in [5, 5.41) is 13.1. The van der Waals surface area contributed by atoms with Crippen LogP contribution in [0, 0.1) is 17.1 Å². The number of carbonyl (C=O) groups is 1. The van der Waals surface area contributed by atoms with E-state index in [2.05, 4.69) is 15.3 Å². The standard InChI is InChI=1S/C17H12FN5OS/c1-23(14-3-2-4-20-9-14)15-6-11(5-12(18)7-15)16(24)22-17-21-13(8-19)10-25-17/h2-7,9-10H,1H3,(H,21,22,24). The molecular formula is C17H12FN5OS. The maximum Gasteiger partial charge on any atom is 0.257 e. The van der Waals surface area contributed by atoms with Gasteiger partial charge in [0.25, 0.3) is 5.91 Å². The zero-order chi connectivity index (χ0) is 17.8. The van der Waals surface area contributed by atoms with Gasteiger partial charge in [-0.2, -0.15) is 5.26 Å². The van der Waals surface area contributed by atoms with Crippen molar-refractivity contribution in [3.63, 3.8) is 0 Å². The summed E-state index contributed by atoms with van der Waals surface area (Å²) < 4.78 is 14.0. The lowest BCUT2D eigenvalue weighted by molar-refractivity contribution is 0.102. The second-order valence-electron chi connectivity index (χ2n) is 5.07. The molecule has 124 valence electrons. The van der Waals surface area contributed by atoms with E-state index in [4.69, 9.17) is 5.26 Å². The molecule has 1 amide bonds. The third kappa shape index (κ3) is 3.79. The predicted octanol–water partition coefficient (Wildman–Crippen LogP) is 3.57. The number of halogens is 1. The molecule has 0 unspecified atom stereocenters. The van der Waals surface area contributed by atoms with Crippen LogP contribution in [-0.4, -0.2) is 22.9 Å². The Balaban J connectivity index is 1.86. The first-order chi connectivity index (χ1) is 12.1. The molecule has 0 bridgehead atoms. The van der Waals surface area contributed by atoms with Crippen molar-refractivity contribution in [3.8, 4) is 6.07 Å². The number of hydrogen-bond donors (Lipinski definition) is 1. The molecule has 2 heterocycles. The predicted molar refractivity (Wildman–Crippen MR) is 93.5 cm³/mol. The molecule has 0 atom stereocenters. The molecule has 3 rings (SSSR count). The quantitative estimate of drug-likeness (QED) is 0.775. The molecule has 8 heteroatoms. The molecule has 1 N–H and O–H groups in total. The lowest BCUT2D eigenvalue weighted by Gasteiger charge is -2.19. The summed E-state index contributed by atoms with van der Waals surface area (Å²) in [7, 11) is 1.76. The Morgan fingerprint density at radius 1 is 1.36 bits per heavy atom. The second-order valence-corrected chi connectivity index (χ2v) is 5.93. The Bertz CT molecular complexity index is 951. The topological polar surface area (TPSA) is 81.9 Å². The van der Waals surface area contributed by atoms with Crippen LogP contribution in [0.1, 0.15) is 16.1 Å². The fraction of sp³-hybridized carbons (Fsp3) is 0.0588. The van der Waals surface area contributed by atoms with Crippen molar-refractivity contribution in [1.29, 1.82) is 5.26 Å². The minimum atomic E-state index is -0.532. The van der Waals surface area contributed by atoms with E-state index in [9.17, 15) is 9.18 Å². The van der Waals surface area contributed by atoms with Crippen LogP contribution < -0.4 is 10.2 Å². The summed E-state index contributed by atoms with van der Waals surface area (Å²) in [6.45, 7) is 0. The van der Waals surface area contributed by atoms with Crippen molar-refractivity contribution in [1.82, 2.24) is 9.97 Å². The van der Waals surface area contributed by atoms with Crippen LogP contribution in [0.25, 0.3) is 0 Å². The molecule has 0 aliphatic carbocycles. The van der Waals surface area contributed by atoms with Crippen molar-refractivity contribution in [2.24, 2.45) is 0 Å². The van der Waals surface area contributed by atoms with E-state index in [1.807, 2.05) is 12.1 Å². The maximum absolute atomic E-state index is 14.0. The van der Waals surface area contributed by atoms with Crippen molar-refractivity contribution in [3.05, 3.63) is 65.2 Å². The Hall–Kier alpha value is -3.31. The average molecular weight is 353 g/mol. The normalized spacial score (nSPS) is 10.1. The van der Waals surface area contributed by atoms with Gasteiger partial charge in [0.1, 0.15) is 11.9 Å². The monoisotopic (exact) mass is 353 g/mol. The van der Waals surface area contributed by atoms with Gasteiger partial charge in [-0.1, -0.05) is 0 Å². The number of rotatable bonds is 4. The number of amides is 1. The average Bonchev–Trinajstić information content (AvgIpc) is 3.09. The van der Waals surface area contributed by atoms with Crippen LogP contribution in [0.15, 0.2) is 48.1 Å². The molecule has 1 aromatic carbocycles. The Kier molecular flexibility index (Phi) is 4.68. The van der Waals surface area contributed by atoms with E-state index in [-0.39, 0.29) is 16.4 Å². The van der Waals surface area contributed by atoms with Crippen molar-refractivity contribution in [2.75, 3.05) is 17.3 Å². The first-order valence-electron chi connectivity index (χ1n) is 7.18. The van der Waals surface area contributed by atoms with Gasteiger partial charge >= 0.3 is 0 Å². The van der Waals surface area contributed by atoms with Crippen LogP contribution in [0.2, 0.25) is 0 Å². The summed E-state index contributed by atoms with van der Waals surface area (Å²) in [6.07, 6.45) is 3.29. The zero-order valence-electron chi connectivity index (χ0n) is 13.1.